The van der Waals surface area contributed by atoms with Crippen LogP contribution >= 0.6 is 0 Å². The van der Waals surface area contributed by atoms with Gasteiger partial charge < -0.3 is 24.8 Å². The summed E-state index contributed by atoms with van der Waals surface area (Å²) in [4.78, 5) is 4.66. The third-order valence-corrected chi connectivity index (χ3v) is 3.68. The van der Waals surface area contributed by atoms with Gasteiger partial charge in [-0.1, -0.05) is 12.1 Å². The Kier molecular flexibility index (Phi) is 7.79. The monoisotopic (exact) mass is 371 g/mol. The second-order valence-electron chi connectivity index (χ2n) is 6.20. The molecule has 0 unspecified atom stereocenters. The SMILES string of the molecule is CCNC(=NCc1cccc(OC(C)C)c1)Nc1ccc(OC)c(OC)c1. The molecule has 0 aliphatic rings. The Morgan fingerprint density at radius 3 is 2.48 bits per heavy atom. The summed E-state index contributed by atoms with van der Waals surface area (Å²) in [6.45, 7) is 7.36. The minimum atomic E-state index is 0.146. The molecule has 2 N–H and O–H groups in total. The van der Waals surface area contributed by atoms with Crippen LogP contribution in [0.3, 0.4) is 0 Å². The smallest absolute Gasteiger partial charge is 0.196 e. The number of nitrogens with one attached hydrogen (secondary N) is 2. The Balaban J connectivity index is 2.12. The van der Waals surface area contributed by atoms with E-state index in [9.17, 15) is 0 Å². The molecule has 0 atom stereocenters. The Hall–Kier alpha value is -2.89. The minimum absolute atomic E-state index is 0.146. The number of hydrogen-bond donors (Lipinski definition) is 2. The van der Waals surface area contributed by atoms with E-state index < -0.39 is 0 Å². The lowest BCUT2D eigenvalue weighted by Crippen LogP contribution is -2.30. The zero-order valence-electron chi connectivity index (χ0n) is 16.7. The van der Waals surface area contributed by atoms with Gasteiger partial charge in [-0.15, -0.1) is 0 Å². The molecule has 0 radical (unpaired) electrons. The van der Waals surface area contributed by atoms with Gasteiger partial charge in [-0.25, -0.2) is 4.99 Å². The maximum absolute atomic E-state index is 5.75. The first-order chi connectivity index (χ1) is 13.0. The van der Waals surface area contributed by atoms with E-state index >= 15 is 0 Å². The summed E-state index contributed by atoms with van der Waals surface area (Å²) in [5, 5.41) is 6.54. The summed E-state index contributed by atoms with van der Waals surface area (Å²) in [6, 6.07) is 13.7. The molecule has 2 aromatic rings. The van der Waals surface area contributed by atoms with Gasteiger partial charge >= 0.3 is 0 Å². The first-order valence-electron chi connectivity index (χ1n) is 9.08. The molecule has 0 saturated carbocycles. The van der Waals surface area contributed by atoms with Crippen molar-refractivity contribution >= 4 is 11.6 Å². The van der Waals surface area contributed by atoms with Crippen molar-refractivity contribution in [2.45, 2.75) is 33.4 Å². The van der Waals surface area contributed by atoms with E-state index in [1.165, 1.54) is 0 Å². The van der Waals surface area contributed by atoms with Gasteiger partial charge in [-0.05, 0) is 50.6 Å². The van der Waals surface area contributed by atoms with Crippen LogP contribution in [0.25, 0.3) is 0 Å². The molecule has 0 aromatic heterocycles. The molecule has 0 spiro atoms. The summed E-state index contributed by atoms with van der Waals surface area (Å²) in [6.07, 6.45) is 0.146. The number of anilines is 1. The highest BCUT2D eigenvalue weighted by molar-refractivity contribution is 5.93. The molecule has 27 heavy (non-hydrogen) atoms. The van der Waals surface area contributed by atoms with Crippen LogP contribution in [0.5, 0.6) is 17.2 Å². The predicted octanol–water partition coefficient (Wildman–Crippen LogP) is 4.07. The van der Waals surface area contributed by atoms with E-state index in [-0.39, 0.29) is 6.10 Å². The Labute approximate surface area is 161 Å². The fraction of sp³-hybridized carbons (Fsp3) is 0.381. The average Bonchev–Trinajstić information content (AvgIpc) is 2.66. The number of methoxy groups -OCH3 is 2. The fourth-order valence-electron chi connectivity index (χ4n) is 2.52. The van der Waals surface area contributed by atoms with Crippen molar-refractivity contribution in [3.63, 3.8) is 0 Å². The summed E-state index contributed by atoms with van der Waals surface area (Å²) >= 11 is 0. The van der Waals surface area contributed by atoms with E-state index in [0.29, 0.717) is 24.0 Å². The number of aliphatic imine (C=N–C) groups is 1. The lowest BCUT2D eigenvalue weighted by molar-refractivity contribution is 0.242. The lowest BCUT2D eigenvalue weighted by Gasteiger charge is -2.14. The molecule has 2 rings (SSSR count). The summed E-state index contributed by atoms with van der Waals surface area (Å²) in [7, 11) is 3.24. The molecule has 0 bridgehead atoms. The molecular formula is C21H29N3O3. The highest BCUT2D eigenvalue weighted by Crippen LogP contribution is 2.29. The molecule has 0 amide bonds. The standard InChI is InChI=1S/C21H29N3O3/c1-6-22-21(24-17-10-11-19(25-4)20(13-17)26-5)23-14-16-8-7-9-18(12-16)27-15(2)3/h7-13,15H,6,14H2,1-5H3,(H2,22,23,24). The van der Waals surface area contributed by atoms with Crippen molar-refractivity contribution in [1.82, 2.24) is 5.32 Å². The van der Waals surface area contributed by atoms with Crippen molar-refractivity contribution in [2.24, 2.45) is 4.99 Å². The van der Waals surface area contributed by atoms with Gasteiger partial charge in [-0.3, -0.25) is 0 Å². The molecule has 146 valence electrons. The van der Waals surface area contributed by atoms with Crippen LogP contribution in [0, 0.1) is 0 Å². The largest absolute Gasteiger partial charge is 0.493 e. The van der Waals surface area contributed by atoms with Crippen molar-refractivity contribution in [1.29, 1.82) is 0 Å². The molecule has 0 heterocycles. The topological polar surface area (TPSA) is 64.1 Å². The number of ether oxygens (including phenoxy) is 3. The van der Waals surface area contributed by atoms with E-state index in [4.69, 9.17) is 14.2 Å². The van der Waals surface area contributed by atoms with Gasteiger partial charge in [0.05, 0.1) is 26.9 Å². The summed E-state index contributed by atoms with van der Waals surface area (Å²) in [5.74, 6) is 2.90. The predicted molar refractivity (Wildman–Crippen MR) is 110 cm³/mol. The number of hydrogen-bond acceptors (Lipinski definition) is 4. The third-order valence-electron chi connectivity index (χ3n) is 3.68. The fourth-order valence-corrected chi connectivity index (χ4v) is 2.52. The molecular weight excluding hydrogens is 342 g/mol. The minimum Gasteiger partial charge on any atom is -0.493 e. The highest BCUT2D eigenvalue weighted by Gasteiger charge is 2.06. The van der Waals surface area contributed by atoms with Gasteiger partial charge in [0.2, 0.25) is 0 Å². The van der Waals surface area contributed by atoms with Crippen LogP contribution in [0.4, 0.5) is 5.69 Å². The lowest BCUT2D eigenvalue weighted by atomic mass is 10.2. The van der Waals surface area contributed by atoms with Crippen LogP contribution < -0.4 is 24.8 Å². The first kappa shape index (κ1) is 20.4. The first-order valence-corrected chi connectivity index (χ1v) is 9.08. The normalized spacial score (nSPS) is 11.3. The second-order valence-corrected chi connectivity index (χ2v) is 6.20. The molecule has 2 aromatic carbocycles. The molecule has 0 aliphatic carbocycles. The molecule has 6 heteroatoms. The summed E-state index contributed by atoms with van der Waals surface area (Å²) in [5.41, 5.74) is 1.95. The van der Waals surface area contributed by atoms with E-state index in [1.54, 1.807) is 14.2 Å². The zero-order chi connectivity index (χ0) is 19.6. The Morgan fingerprint density at radius 1 is 1.04 bits per heavy atom. The van der Waals surface area contributed by atoms with Gasteiger partial charge in [0.25, 0.3) is 0 Å². The summed E-state index contributed by atoms with van der Waals surface area (Å²) < 4.78 is 16.4. The van der Waals surface area contributed by atoms with Crippen LogP contribution in [0.1, 0.15) is 26.3 Å². The number of benzene rings is 2. The number of guanidine groups is 1. The maximum atomic E-state index is 5.75. The van der Waals surface area contributed by atoms with Gasteiger partial charge in [-0.2, -0.15) is 0 Å². The van der Waals surface area contributed by atoms with Crippen molar-refractivity contribution in [3.05, 3.63) is 48.0 Å². The van der Waals surface area contributed by atoms with Crippen LogP contribution in [0.2, 0.25) is 0 Å². The molecule has 0 fully saturated rings. The second kappa shape index (κ2) is 10.3. The maximum Gasteiger partial charge on any atom is 0.196 e. The highest BCUT2D eigenvalue weighted by atomic mass is 16.5. The third kappa shape index (κ3) is 6.40. The Morgan fingerprint density at radius 2 is 1.81 bits per heavy atom. The Bertz CT molecular complexity index is 760. The van der Waals surface area contributed by atoms with Crippen LogP contribution in [0.15, 0.2) is 47.5 Å². The average molecular weight is 371 g/mol. The van der Waals surface area contributed by atoms with E-state index in [1.807, 2.05) is 63.2 Å². The van der Waals surface area contributed by atoms with Gasteiger partial charge in [0.15, 0.2) is 17.5 Å². The molecule has 6 nitrogen and oxygen atoms in total. The van der Waals surface area contributed by atoms with E-state index in [2.05, 4.69) is 15.6 Å². The quantitative estimate of drug-likeness (QED) is 0.541. The zero-order valence-corrected chi connectivity index (χ0v) is 16.7. The molecule has 0 aliphatic heterocycles. The van der Waals surface area contributed by atoms with Gasteiger partial charge in [0, 0.05) is 18.3 Å². The van der Waals surface area contributed by atoms with Gasteiger partial charge in [0.1, 0.15) is 5.75 Å². The van der Waals surface area contributed by atoms with Crippen LogP contribution in [-0.4, -0.2) is 32.8 Å². The van der Waals surface area contributed by atoms with Crippen molar-refractivity contribution < 1.29 is 14.2 Å². The number of nitrogens with zero attached hydrogens (tertiary/aromatic N) is 1. The number of rotatable bonds is 8. The molecule has 0 saturated heterocycles. The van der Waals surface area contributed by atoms with E-state index in [0.717, 1.165) is 23.5 Å². The van der Waals surface area contributed by atoms with Crippen LogP contribution in [-0.2, 0) is 6.54 Å². The van der Waals surface area contributed by atoms with Crippen molar-refractivity contribution in [2.75, 3.05) is 26.1 Å². The van der Waals surface area contributed by atoms with Crippen molar-refractivity contribution in [3.8, 4) is 17.2 Å².